The van der Waals surface area contributed by atoms with E-state index in [-0.39, 0.29) is 6.42 Å². The molecule has 0 unspecified atom stereocenters. The predicted molar refractivity (Wildman–Crippen MR) is 67.8 cm³/mol. The molecule has 1 N–H and O–H groups in total. The first-order valence-corrected chi connectivity index (χ1v) is 6.06. The fourth-order valence-electron chi connectivity index (χ4n) is 1.47. The highest BCUT2D eigenvalue weighted by Crippen LogP contribution is 2.25. The molecule has 0 bridgehead atoms. The van der Waals surface area contributed by atoms with Crippen molar-refractivity contribution < 1.29 is 14.6 Å². The number of nitriles is 1. The van der Waals surface area contributed by atoms with Crippen molar-refractivity contribution in [1.29, 1.82) is 5.26 Å². The van der Waals surface area contributed by atoms with Crippen molar-refractivity contribution in [3.05, 3.63) is 28.8 Å². The number of carboxylic acids is 1. The summed E-state index contributed by atoms with van der Waals surface area (Å²) in [5, 5.41) is 17.8. The average molecular weight is 268 g/mol. The van der Waals surface area contributed by atoms with Crippen molar-refractivity contribution in [2.75, 3.05) is 6.61 Å². The van der Waals surface area contributed by atoms with Gasteiger partial charge < -0.3 is 9.84 Å². The van der Waals surface area contributed by atoms with Gasteiger partial charge in [-0.15, -0.1) is 0 Å². The third kappa shape index (κ3) is 4.64. The van der Waals surface area contributed by atoms with E-state index in [0.29, 0.717) is 29.4 Å². The molecule has 0 aliphatic carbocycles. The number of rotatable bonds is 7. The van der Waals surface area contributed by atoms with Gasteiger partial charge in [0.25, 0.3) is 0 Å². The lowest BCUT2D eigenvalue weighted by atomic mass is 10.2. The molecule has 0 saturated carbocycles. The van der Waals surface area contributed by atoms with Gasteiger partial charge in [-0.2, -0.15) is 5.26 Å². The van der Waals surface area contributed by atoms with Gasteiger partial charge in [0.15, 0.2) is 0 Å². The minimum atomic E-state index is -0.780. The number of carboxylic acid groups (broad SMARTS) is 1. The highest BCUT2D eigenvalue weighted by atomic mass is 35.5. The van der Waals surface area contributed by atoms with E-state index < -0.39 is 5.97 Å². The summed E-state index contributed by atoms with van der Waals surface area (Å²) in [6, 6.07) is 7.06. The van der Waals surface area contributed by atoms with Crippen LogP contribution in [0.25, 0.3) is 0 Å². The Morgan fingerprint density at radius 2 is 2.17 bits per heavy atom. The van der Waals surface area contributed by atoms with Crippen LogP contribution in [-0.2, 0) is 4.79 Å². The van der Waals surface area contributed by atoms with Crippen LogP contribution in [0, 0.1) is 11.3 Å². The van der Waals surface area contributed by atoms with Gasteiger partial charge in [-0.3, -0.25) is 4.79 Å². The quantitative estimate of drug-likeness (QED) is 0.770. The molecular weight excluding hydrogens is 254 g/mol. The molecule has 5 heteroatoms. The van der Waals surface area contributed by atoms with Crippen LogP contribution in [0.2, 0.25) is 5.02 Å². The number of aliphatic carboxylic acids is 1. The number of carbonyl (C=O) groups is 1. The Hall–Kier alpha value is -1.73. The Morgan fingerprint density at radius 1 is 1.39 bits per heavy atom. The summed E-state index contributed by atoms with van der Waals surface area (Å²) in [7, 11) is 0. The molecule has 96 valence electrons. The molecule has 0 aliphatic heterocycles. The summed E-state index contributed by atoms with van der Waals surface area (Å²) >= 11 is 5.86. The molecule has 1 aromatic carbocycles. The Balaban J connectivity index is 2.34. The minimum absolute atomic E-state index is 0.181. The van der Waals surface area contributed by atoms with Crippen LogP contribution in [0.1, 0.15) is 31.2 Å². The van der Waals surface area contributed by atoms with Crippen LogP contribution in [-0.4, -0.2) is 17.7 Å². The highest BCUT2D eigenvalue weighted by molar-refractivity contribution is 6.31. The van der Waals surface area contributed by atoms with Gasteiger partial charge in [0.2, 0.25) is 0 Å². The normalized spacial score (nSPS) is 9.78. The minimum Gasteiger partial charge on any atom is -0.492 e. The fraction of sp³-hybridized carbons (Fsp3) is 0.385. The fourth-order valence-corrected chi connectivity index (χ4v) is 1.68. The largest absolute Gasteiger partial charge is 0.492 e. The van der Waals surface area contributed by atoms with Gasteiger partial charge in [-0.25, -0.2) is 0 Å². The number of hydrogen-bond acceptors (Lipinski definition) is 3. The van der Waals surface area contributed by atoms with E-state index in [9.17, 15) is 4.79 Å². The Morgan fingerprint density at radius 3 is 2.83 bits per heavy atom. The van der Waals surface area contributed by atoms with Crippen molar-refractivity contribution in [2.24, 2.45) is 0 Å². The lowest BCUT2D eigenvalue weighted by molar-refractivity contribution is -0.137. The van der Waals surface area contributed by atoms with E-state index in [1.54, 1.807) is 18.2 Å². The molecule has 0 spiro atoms. The van der Waals surface area contributed by atoms with Crippen LogP contribution in [0.3, 0.4) is 0 Å². The zero-order valence-corrected chi connectivity index (χ0v) is 10.6. The van der Waals surface area contributed by atoms with Gasteiger partial charge in [0.05, 0.1) is 11.6 Å². The van der Waals surface area contributed by atoms with Gasteiger partial charge in [0, 0.05) is 6.42 Å². The summed E-state index contributed by atoms with van der Waals surface area (Å²) in [4.78, 5) is 10.3. The second-order valence-corrected chi connectivity index (χ2v) is 4.18. The molecule has 0 aromatic heterocycles. The first-order valence-electron chi connectivity index (χ1n) is 5.68. The van der Waals surface area contributed by atoms with E-state index >= 15 is 0 Å². The van der Waals surface area contributed by atoms with Crippen molar-refractivity contribution in [1.82, 2.24) is 0 Å². The third-order valence-corrected chi connectivity index (χ3v) is 2.69. The van der Waals surface area contributed by atoms with Gasteiger partial charge in [-0.05, 0) is 31.4 Å². The predicted octanol–water partition coefficient (Wildman–Crippen LogP) is 3.24. The topological polar surface area (TPSA) is 70.3 Å². The standard InChI is InChI=1S/C13H14ClNO3/c14-11-5-4-6-12(10(11)9-15)18-8-3-1-2-7-13(16)17/h4-6H,1-3,7-8H2,(H,16,17). The average Bonchev–Trinajstić information content (AvgIpc) is 2.33. The summed E-state index contributed by atoms with van der Waals surface area (Å²) in [5.74, 6) is -0.305. The monoisotopic (exact) mass is 267 g/mol. The van der Waals surface area contributed by atoms with Gasteiger partial charge in [-0.1, -0.05) is 17.7 Å². The summed E-state index contributed by atoms with van der Waals surface area (Å²) in [6.45, 7) is 0.453. The molecule has 0 saturated heterocycles. The molecule has 18 heavy (non-hydrogen) atoms. The van der Waals surface area contributed by atoms with Crippen molar-refractivity contribution in [3.63, 3.8) is 0 Å². The SMILES string of the molecule is N#Cc1c(Cl)cccc1OCCCCCC(=O)O. The molecular formula is C13H14ClNO3. The van der Waals surface area contributed by atoms with Crippen molar-refractivity contribution >= 4 is 17.6 Å². The smallest absolute Gasteiger partial charge is 0.303 e. The van der Waals surface area contributed by atoms with Crippen LogP contribution in [0.4, 0.5) is 0 Å². The Bertz CT molecular complexity index is 454. The van der Waals surface area contributed by atoms with Crippen LogP contribution < -0.4 is 4.74 Å². The van der Waals surface area contributed by atoms with Crippen LogP contribution in [0.5, 0.6) is 5.75 Å². The first-order chi connectivity index (χ1) is 8.65. The maximum atomic E-state index is 10.3. The molecule has 1 rings (SSSR count). The highest BCUT2D eigenvalue weighted by Gasteiger charge is 2.06. The second kappa shape index (κ2) is 7.57. The number of ether oxygens (including phenoxy) is 1. The van der Waals surface area contributed by atoms with E-state index in [1.165, 1.54) is 0 Å². The second-order valence-electron chi connectivity index (χ2n) is 3.78. The molecule has 0 heterocycles. The number of benzene rings is 1. The van der Waals surface area contributed by atoms with E-state index in [0.717, 1.165) is 12.8 Å². The van der Waals surface area contributed by atoms with Crippen molar-refractivity contribution in [2.45, 2.75) is 25.7 Å². The summed E-state index contributed by atoms with van der Waals surface area (Å²) in [5.41, 5.74) is 0.338. The van der Waals surface area contributed by atoms with Crippen molar-refractivity contribution in [3.8, 4) is 11.8 Å². The molecule has 1 aromatic rings. The maximum Gasteiger partial charge on any atom is 0.303 e. The summed E-state index contributed by atoms with van der Waals surface area (Å²) in [6.07, 6.45) is 2.36. The maximum absolute atomic E-state index is 10.3. The number of nitrogens with zero attached hydrogens (tertiary/aromatic N) is 1. The lowest BCUT2D eigenvalue weighted by Crippen LogP contribution is -2.00. The van der Waals surface area contributed by atoms with Crippen LogP contribution in [0.15, 0.2) is 18.2 Å². The summed E-state index contributed by atoms with van der Waals surface area (Å²) < 4.78 is 5.46. The Labute approximate surface area is 111 Å². The Kier molecular flexibility index (Phi) is 6.03. The number of halogens is 1. The van der Waals surface area contributed by atoms with Gasteiger partial charge >= 0.3 is 5.97 Å². The van der Waals surface area contributed by atoms with Gasteiger partial charge in [0.1, 0.15) is 17.4 Å². The molecule has 0 amide bonds. The molecule has 0 fully saturated rings. The molecule has 0 radical (unpaired) electrons. The zero-order chi connectivity index (χ0) is 13.4. The van der Waals surface area contributed by atoms with E-state index in [4.69, 9.17) is 26.7 Å². The van der Waals surface area contributed by atoms with Crippen LogP contribution >= 0.6 is 11.6 Å². The number of hydrogen-bond donors (Lipinski definition) is 1. The number of unbranched alkanes of at least 4 members (excludes halogenated alkanes) is 2. The molecule has 0 atom stereocenters. The van der Waals surface area contributed by atoms with E-state index in [1.807, 2.05) is 6.07 Å². The van der Waals surface area contributed by atoms with E-state index in [2.05, 4.69) is 0 Å². The molecule has 4 nitrogen and oxygen atoms in total. The first kappa shape index (κ1) is 14.3. The molecule has 0 aliphatic rings. The third-order valence-electron chi connectivity index (χ3n) is 2.38. The lowest BCUT2D eigenvalue weighted by Gasteiger charge is -2.08. The zero-order valence-electron chi connectivity index (χ0n) is 9.86.